The number of aryl methyl sites for hydroxylation is 1. The lowest BCUT2D eigenvalue weighted by atomic mass is 10.0. The zero-order chi connectivity index (χ0) is 21.3. The van der Waals surface area contributed by atoms with Gasteiger partial charge in [-0.1, -0.05) is 42.5 Å². The SMILES string of the molecule is CCOc1cccc(-c2c(NCc3ccccc3)oc3c2c(=O)n(C)c(=O)n3C)c1. The highest BCUT2D eigenvalue weighted by molar-refractivity contribution is 5.98. The molecule has 1 N–H and O–H groups in total. The molecule has 0 aliphatic carbocycles. The summed E-state index contributed by atoms with van der Waals surface area (Å²) in [5, 5.41) is 3.64. The monoisotopic (exact) mass is 405 g/mol. The number of ether oxygens (including phenoxy) is 1. The van der Waals surface area contributed by atoms with Crippen LogP contribution in [0.25, 0.3) is 22.2 Å². The maximum atomic E-state index is 13.0. The molecule has 4 aromatic rings. The average Bonchev–Trinajstić information content (AvgIpc) is 3.16. The van der Waals surface area contributed by atoms with Gasteiger partial charge >= 0.3 is 5.69 Å². The number of nitrogens with one attached hydrogen (secondary N) is 1. The van der Waals surface area contributed by atoms with Crippen LogP contribution in [0.3, 0.4) is 0 Å². The molecule has 154 valence electrons. The van der Waals surface area contributed by atoms with Crippen molar-refractivity contribution < 1.29 is 9.15 Å². The van der Waals surface area contributed by atoms with E-state index in [9.17, 15) is 9.59 Å². The van der Waals surface area contributed by atoms with Crippen LogP contribution in [-0.2, 0) is 20.6 Å². The summed E-state index contributed by atoms with van der Waals surface area (Å²) in [4.78, 5) is 25.4. The number of benzene rings is 2. The van der Waals surface area contributed by atoms with E-state index < -0.39 is 11.2 Å². The van der Waals surface area contributed by atoms with Gasteiger partial charge in [-0.25, -0.2) is 4.79 Å². The fourth-order valence-corrected chi connectivity index (χ4v) is 3.51. The molecule has 0 aliphatic heterocycles. The first-order valence-corrected chi connectivity index (χ1v) is 9.74. The molecule has 0 aliphatic rings. The maximum absolute atomic E-state index is 13.0. The van der Waals surface area contributed by atoms with E-state index in [0.29, 0.717) is 35.7 Å². The maximum Gasteiger partial charge on any atom is 0.333 e. The molecule has 7 heteroatoms. The Hall–Kier alpha value is -3.74. The summed E-state index contributed by atoms with van der Waals surface area (Å²) in [5.74, 6) is 1.13. The van der Waals surface area contributed by atoms with Gasteiger partial charge in [0, 0.05) is 20.6 Å². The van der Waals surface area contributed by atoms with Crippen LogP contribution in [0.4, 0.5) is 5.88 Å². The van der Waals surface area contributed by atoms with E-state index in [4.69, 9.17) is 9.15 Å². The quantitative estimate of drug-likeness (QED) is 0.531. The van der Waals surface area contributed by atoms with Gasteiger partial charge in [-0.2, -0.15) is 0 Å². The number of hydrogen-bond acceptors (Lipinski definition) is 5. The van der Waals surface area contributed by atoms with Crippen molar-refractivity contribution in [2.24, 2.45) is 14.1 Å². The van der Waals surface area contributed by atoms with Crippen LogP contribution < -0.4 is 21.3 Å². The molecule has 0 spiro atoms. The highest BCUT2D eigenvalue weighted by Gasteiger charge is 2.23. The molecule has 7 nitrogen and oxygen atoms in total. The van der Waals surface area contributed by atoms with Crippen LogP contribution in [0.2, 0.25) is 0 Å². The largest absolute Gasteiger partial charge is 0.494 e. The van der Waals surface area contributed by atoms with E-state index in [1.807, 2.05) is 61.5 Å². The second kappa shape index (κ2) is 7.94. The number of hydrogen-bond donors (Lipinski definition) is 1. The van der Waals surface area contributed by atoms with Crippen LogP contribution in [0, 0.1) is 0 Å². The lowest BCUT2D eigenvalue weighted by molar-refractivity contribution is 0.340. The third-order valence-corrected chi connectivity index (χ3v) is 5.02. The molecular weight excluding hydrogens is 382 g/mol. The Kier molecular flexibility index (Phi) is 5.18. The Labute approximate surface area is 173 Å². The van der Waals surface area contributed by atoms with Crippen LogP contribution in [-0.4, -0.2) is 15.7 Å². The predicted molar refractivity (Wildman–Crippen MR) is 117 cm³/mol. The summed E-state index contributed by atoms with van der Waals surface area (Å²) in [6.07, 6.45) is 0. The Balaban J connectivity index is 1.94. The van der Waals surface area contributed by atoms with Gasteiger partial charge in [0.05, 0.1) is 12.2 Å². The summed E-state index contributed by atoms with van der Waals surface area (Å²) in [6.45, 7) is 2.95. The molecule has 0 bridgehead atoms. The number of nitrogens with zero attached hydrogens (tertiary/aromatic N) is 2. The van der Waals surface area contributed by atoms with Gasteiger partial charge in [-0.05, 0) is 30.2 Å². The predicted octanol–water partition coefficient (Wildman–Crippen LogP) is 3.51. The first kappa shape index (κ1) is 19.6. The summed E-state index contributed by atoms with van der Waals surface area (Å²) in [5.41, 5.74) is 1.83. The van der Waals surface area contributed by atoms with E-state index in [-0.39, 0.29) is 5.71 Å². The van der Waals surface area contributed by atoms with Crippen molar-refractivity contribution in [2.75, 3.05) is 11.9 Å². The molecule has 0 amide bonds. The molecule has 0 fully saturated rings. The van der Waals surface area contributed by atoms with Crippen molar-refractivity contribution in [3.05, 3.63) is 81.0 Å². The molecule has 2 aromatic heterocycles. The van der Waals surface area contributed by atoms with Gasteiger partial charge in [0.15, 0.2) is 0 Å². The third kappa shape index (κ3) is 3.39. The number of fused-ring (bicyclic) bond motifs is 1. The molecular formula is C23H23N3O4. The first-order valence-electron chi connectivity index (χ1n) is 9.74. The van der Waals surface area contributed by atoms with Gasteiger partial charge in [0.25, 0.3) is 5.56 Å². The third-order valence-electron chi connectivity index (χ3n) is 5.02. The Morgan fingerprint density at radius 1 is 1.00 bits per heavy atom. The second-order valence-corrected chi connectivity index (χ2v) is 6.99. The van der Waals surface area contributed by atoms with E-state index in [1.165, 1.54) is 11.6 Å². The minimum absolute atomic E-state index is 0.232. The van der Waals surface area contributed by atoms with Crippen LogP contribution in [0.1, 0.15) is 12.5 Å². The summed E-state index contributed by atoms with van der Waals surface area (Å²) >= 11 is 0. The van der Waals surface area contributed by atoms with Crippen molar-refractivity contribution >= 4 is 17.0 Å². The molecule has 0 saturated heterocycles. The molecule has 0 unspecified atom stereocenters. The summed E-state index contributed by atoms with van der Waals surface area (Å²) in [7, 11) is 3.06. The normalized spacial score (nSPS) is 11.0. The number of aromatic nitrogens is 2. The van der Waals surface area contributed by atoms with Crippen LogP contribution in [0.5, 0.6) is 5.75 Å². The number of furan rings is 1. The fourth-order valence-electron chi connectivity index (χ4n) is 3.51. The van der Waals surface area contributed by atoms with Crippen molar-refractivity contribution in [2.45, 2.75) is 13.5 Å². The van der Waals surface area contributed by atoms with E-state index in [1.54, 1.807) is 7.05 Å². The zero-order valence-corrected chi connectivity index (χ0v) is 17.1. The zero-order valence-electron chi connectivity index (χ0n) is 17.1. The van der Waals surface area contributed by atoms with Crippen molar-refractivity contribution in [1.29, 1.82) is 0 Å². The fraction of sp³-hybridized carbons (Fsp3) is 0.217. The van der Waals surface area contributed by atoms with E-state index >= 15 is 0 Å². The molecule has 4 rings (SSSR count). The van der Waals surface area contributed by atoms with Gasteiger partial charge < -0.3 is 14.5 Å². The Morgan fingerprint density at radius 2 is 1.77 bits per heavy atom. The molecule has 2 heterocycles. The Bertz CT molecular complexity index is 1320. The van der Waals surface area contributed by atoms with Gasteiger partial charge in [-0.3, -0.25) is 13.9 Å². The highest BCUT2D eigenvalue weighted by Crippen LogP contribution is 2.37. The minimum atomic E-state index is -0.439. The highest BCUT2D eigenvalue weighted by atomic mass is 16.5. The van der Waals surface area contributed by atoms with Gasteiger partial charge in [0.2, 0.25) is 11.6 Å². The van der Waals surface area contributed by atoms with Crippen LogP contribution in [0.15, 0.2) is 68.6 Å². The molecule has 30 heavy (non-hydrogen) atoms. The molecule has 0 atom stereocenters. The molecule has 0 radical (unpaired) electrons. The van der Waals surface area contributed by atoms with E-state index in [0.717, 1.165) is 15.7 Å². The first-order chi connectivity index (χ1) is 14.5. The lowest BCUT2D eigenvalue weighted by Crippen LogP contribution is -2.36. The number of anilines is 1. The van der Waals surface area contributed by atoms with Crippen molar-refractivity contribution in [1.82, 2.24) is 9.13 Å². The average molecular weight is 405 g/mol. The van der Waals surface area contributed by atoms with Crippen molar-refractivity contribution in [3.63, 3.8) is 0 Å². The lowest BCUT2D eigenvalue weighted by Gasteiger charge is -2.09. The van der Waals surface area contributed by atoms with Gasteiger partial charge in [-0.15, -0.1) is 0 Å². The number of rotatable bonds is 6. The standard InChI is InChI=1S/C23H23N3O4/c1-4-29-17-12-8-11-16(13-17)18-19-21(27)25(2)23(28)26(3)22(19)30-20(18)24-14-15-9-6-5-7-10-15/h5-13,24H,4,14H2,1-3H3. The Morgan fingerprint density at radius 3 is 2.50 bits per heavy atom. The molecule has 2 aromatic carbocycles. The summed E-state index contributed by atoms with van der Waals surface area (Å²) in [6, 6.07) is 17.4. The van der Waals surface area contributed by atoms with Crippen molar-refractivity contribution in [3.8, 4) is 16.9 Å². The smallest absolute Gasteiger partial charge is 0.333 e. The van der Waals surface area contributed by atoms with Crippen LogP contribution >= 0.6 is 0 Å². The topological polar surface area (TPSA) is 78.4 Å². The second-order valence-electron chi connectivity index (χ2n) is 6.99. The van der Waals surface area contributed by atoms with E-state index in [2.05, 4.69) is 5.32 Å². The minimum Gasteiger partial charge on any atom is -0.494 e. The summed E-state index contributed by atoms with van der Waals surface area (Å²) < 4.78 is 14.1. The van der Waals surface area contributed by atoms with Gasteiger partial charge in [0.1, 0.15) is 11.1 Å². The molecule has 0 saturated carbocycles.